The van der Waals surface area contributed by atoms with Crippen molar-refractivity contribution in [1.82, 2.24) is 4.90 Å². The lowest BCUT2D eigenvalue weighted by Gasteiger charge is -2.37. The molecule has 2 aromatic rings. The third-order valence-corrected chi connectivity index (χ3v) is 4.77. The van der Waals surface area contributed by atoms with Gasteiger partial charge in [-0.1, -0.05) is 18.2 Å². The van der Waals surface area contributed by atoms with Crippen LogP contribution < -0.4 is 14.4 Å². The van der Waals surface area contributed by atoms with Gasteiger partial charge >= 0.3 is 0 Å². The Morgan fingerprint density at radius 3 is 2.27 bits per heavy atom. The summed E-state index contributed by atoms with van der Waals surface area (Å²) >= 11 is 0. The first-order valence-corrected chi connectivity index (χ1v) is 8.98. The molecule has 1 aliphatic rings. The zero-order valence-corrected chi connectivity index (χ0v) is 15.6. The molecular weight excluding hydrogens is 328 g/mol. The number of rotatable bonds is 5. The molecule has 1 aliphatic heterocycles. The summed E-state index contributed by atoms with van der Waals surface area (Å²) in [5.74, 6) is 1.66. The SMILES string of the molecule is COc1ccc(N2CCN(C(=O)[C@@H](C)Oc3ccccc3C)CC2)cc1. The molecule has 0 aliphatic carbocycles. The average Bonchev–Trinajstić information content (AvgIpc) is 2.69. The number of ether oxygens (including phenoxy) is 2. The van der Waals surface area contributed by atoms with Crippen LogP contribution in [0.5, 0.6) is 11.5 Å². The summed E-state index contributed by atoms with van der Waals surface area (Å²) in [7, 11) is 1.67. The van der Waals surface area contributed by atoms with E-state index in [1.165, 1.54) is 0 Å². The maximum Gasteiger partial charge on any atom is 0.263 e. The van der Waals surface area contributed by atoms with Crippen molar-refractivity contribution < 1.29 is 14.3 Å². The van der Waals surface area contributed by atoms with Crippen molar-refractivity contribution in [2.45, 2.75) is 20.0 Å². The van der Waals surface area contributed by atoms with Gasteiger partial charge in [0.1, 0.15) is 11.5 Å². The van der Waals surface area contributed by atoms with Crippen LogP contribution in [0.15, 0.2) is 48.5 Å². The molecule has 0 unspecified atom stereocenters. The number of hydrogen-bond acceptors (Lipinski definition) is 4. The molecule has 0 spiro atoms. The van der Waals surface area contributed by atoms with Crippen LogP contribution in [0, 0.1) is 6.92 Å². The highest BCUT2D eigenvalue weighted by molar-refractivity contribution is 5.81. The van der Waals surface area contributed by atoms with Gasteiger partial charge in [0.2, 0.25) is 0 Å². The molecule has 138 valence electrons. The topological polar surface area (TPSA) is 42.0 Å². The molecule has 2 aromatic carbocycles. The summed E-state index contributed by atoms with van der Waals surface area (Å²) < 4.78 is 11.1. The molecule has 1 amide bonds. The Kier molecular flexibility index (Phi) is 5.66. The Labute approximate surface area is 155 Å². The molecule has 1 saturated heterocycles. The van der Waals surface area contributed by atoms with E-state index in [9.17, 15) is 4.79 Å². The van der Waals surface area contributed by atoms with Crippen molar-refractivity contribution in [3.8, 4) is 11.5 Å². The molecule has 0 aromatic heterocycles. The predicted molar refractivity (Wildman–Crippen MR) is 103 cm³/mol. The van der Waals surface area contributed by atoms with E-state index < -0.39 is 6.10 Å². The second-order valence-electron chi connectivity index (χ2n) is 6.54. The molecule has 0 saturated carbocycles. The van der Waals surface area contributed by atoms with Gasteiger partial charge in [0, 0.05) is 31.9 Å². The van der Waals surface area contributed by atoms with Crippen LogP contribution >= 0.6 is 0 Å². The van der Waals surface area contributed by atoms with E-state index in [1.807, 2.05) is 55.1 Å². The summed E-state index contributed by atoms with van der Waals surface area (Å²) in [5.41, 5.74) is 2.19. The fourth-order valence-electron chi connectivity index (χ4n) is 3.16. The Morgan fingerprint density at radius 1 is 1.00 bits per heavy atom. The lowest BCUT2D eigenvalue weighted by atomic mass is 10.2. The highest BCUT2D eigenvalue weighted by atomic mass is 16.5. The third kappa shape index (κ3) is 4.10. The monoisotopic (exact) mass is 354 g/mol. The largest absolute Gasteiger partial charge is 0.497 e. The Morgan fingerprint density at radius 2 is 1.65 bits per heavy atom. The second kappa shape index (κ2) is 8.13. The fraction of sp³-hybridized carbons (Fsp3) is 0.381. The number of benzene rings is 2. The number of methoxy groups -OCH3 is 1. The van der Waals surface area contributed by atoms with E-state index in [0.717, 1.165) is 35.8 Å². The summed E-state index contributed by atoms with van der Waals surface area (Å²) in [6, 6.07) is 15.8. The predicted octanol–water partition coefficient (Wildman–Crippen LogP) is 3.12. The van der Waals surface area contributed by atoms with Gasteiger partial charge in [-0.15, -0.1) is 0 Å². The number of para-hydroxylation sites is 1. The minimum atomic E-state index is -0.483. The summed E-state index contributed by atoms with van der Waals surface area (Å²) in [6.07, 6.45) is -0.483. The summed E-state index contributed by atoms with van der Waals surface area (Å²) in [5, 5.41) is 0. The average molecular weight is 354 g/mol. The van der Waals surface area contributed by atoms with E-state index >= 15 is 0 Å². The highest BCUT2D eigenvalue weighted by Crippen LogP contribution is 2.22. The van der Waals surface area contributed by atoms with Gasteiger partial charge in [-0.05, 0) is 49.7 Å². The number of carbonyl (C=O) groups is 1. The van der Waals surface area contributed by atoms with Gasteiger partial charge in [-0.25, -0.2) is 0 Å². The van der Waals surface area contributed by atoms with Crippen molar-refractivity contribution in [1.29, 1.82) is 0 Å². The quantitative estimate of drug-likeness (QED) is 0.827. The number of amides is 1. The zero-order valence-electron chi connectivity index (χ0n) is 15.6. The van der Waals surface area contributed by atoms with E-state index in [2.05, 4.69) is 17.0 Å². The first kappa shape index (κ1) is 18.1. The second-order valence-corrected chi connectivity index (χ2v) is 6.54. The highest BCUT2D eigenvalue weighted by Gasteiger charge is 2.26. The van der Waals surface area contributed by atoms with Crippen molar-refractivity contribution in [2.24, 2.45) is 0 Å². The molecule has 26 heavy (non-hydrogen) atoms. The van der Waals surface area contributed by atoms with Gasteiger partial charge in [-0.2, -0.15) is 0 Å². The molecule has 1 fully saturated rings. The normalized spacial score (nSPS) is 15.5. The maximum atomic E-state index is 12.7. The van der Waals surface area contributed by atoms with E-state index in [-0.39, 0.29) is 5.91 Å². The van der Waals surface area contributed by atoms with E-state index in [0.29, 0.717) is 13.1 Å². The smallest absolute Gasteiger partial charge is 0.263 e. The van der Waals surface area contributed by atoms with Gasteiger partial charge in [0.15, 0.2) is 6.10 Å². The van der Waals surface area contributed by atoms with Crippen molar-refractivity contribution in [3.05, 3.63) is 54.1 Å². The molecule has 0 radical (unpaired) electrons. The van der Waals surface area contributed by atoms with Crippen LogP contribution in [-0.2, 0) is 4.79 Å². The summed E-state index contributed by atoms with van der Waals surface area (Å²) in [4.78, 5) is 16.9. The first-order chi connectivity index (χ1) is 12.6. The number of piperazine rings is 1. The number of aryl methyl sites for hydroxylation is 1. The Bertz CT molecular complexity index is 737. The van der Waals surface area contributed by atoms with Gasteiger partial charge in [0.05, 0.1) is 7.11 Å². The first-order valence-electron chi connectivity index (χ1n) is 8.98. The van der Waals surface area contributed by atoms with Crippen LogP contribution in [-0.4, -0.2) is 50.2 Å². The lowest BCUT2D eigenvalue weighted by Crippen LogP contribution is -2.52. The van der Waals surface area contributed by atoms with Crippen LogP contribution in [0.25, 0.3) is 0 Å². The molecule has 1 heterocycles. The number of anilines is 1. The number of nitrogens with zero attached hydrogens (tertiary/aromatic N) is 2. The minimum Gasteiger partial charge on any atom is -0.497 e. The summed E-state index contributed by atoms with van der Waals surface area (Å²) in [6.45, 7) is 6.84. The lowest BCUT2D eigenvalue weighted by molar-refractivity contribution is -0.138. The van der Waals surface area contributed by atoms with E-state index in [4.69, 9.17) is 9.47 Å². The molecule has 5 nitrogen and oxygen atoms in total. The Balaban J connectivity index is 1.55. The standard InChI is InChI=1S/C21H26N2O3/c1-16-6-4-5-7-20(16)26-17(2)21(24)23-14-12-22(13-15-23)18-8-10-19(25-3)11-9-18/h4-11,17H,12-15H2,1-3H3/t17-/m1/s1. The Hall–Kier alpha value is -2.69. The van der Waals surface area contributed by atoms with Crippen LogP contribution in [0.1, 0.15) is 12.5 Å². The van der Waals surface area contributed by atoms with Gasteiger partial charge in [-0.3, -0.25) is 4.79 Å². The molecule has 5 heteroatoms. The van der Waals surface area contributed by atoms with Crippen molar-refractivity contribution in [2.75, 3.05) is 38.2 Å². The zero-order chi connectivity index (χ0) is 18.5. The fourth-order valence-corrected chi connectivity index (χ4v) is 3.16. The van der Waals surface area contributed by atoms with Crippen molar-refractivity contribution >= 4 is 11.6 Å². The molecular formula is C21H26N2O3. The third-order valence-electron chi connectivity index (χ3n) is 4.77. The number of hydrogen-bond donors (Lipinski definition) is 0. The van der Waals surface area contributed by atoms with E-state index in [1.54, 1.807) is 7.11 Å². The molecule has 0 N–H and O–H groups in total. The van der Waals surface area contributed by atoms with Gasteiger partial charge in [0.25, 0.3) is 5.91 Å². The van der Waals surface area contributed by atoms with Crippen LogP contribution in [0.2, 0.25) is 0 Å². The molecule has 0 bridgehead atoms. The van der Waals surface area contributed by atoms with Gasteiger partial charge < -0.3 is 19.3 Å². The minimum absolute atomic E-state index is 0.0441. The maximum absolute atomic E-state index is 12.7. The van der Waals surface area contributed by atoms with Crippen molar-refractivity contribution in [3.63, 3.8) is 0 Å². The molecule has 1 atom stereocenters. The van der Waals surface area contributed by atoms with Crippen LogP contribution in [0.4, 0.5) is 5.69 Å². The number of carbonyl (C=O) groups excluding carboxylic acids is 1. The van der Waals surface area contributed by atoms with Crippen LogP contribution in [0.3, 0.4) is 0 Å². The molecule has 3 rings (SSSR count).